The first-order chi connectivity index (χ1) is 10.0. The minimum atomic E-state index is -0.122. The molecule has 7 nitrogen and oxygen atoms in total. The van der Waals surface area contributed by atoms with E-state index in [-0.39, 0.29) is 11.9 Å². The second-order valence-corrected chi connectivity index (χ2v) is 4.96. The number of carbonyl (C=O) groups excluding carboxylic acids is 2. The number of anilines is 2. The molecule has 0 radical (unpaired) electrons. The van der Waals surface area contributed by atoms with Crippen molar-refractivity contribution in [1.82, 2.24) is 15.1 Å². The van der Waals surface area contributed by atoms with Gasteiger partial charge in [-0.15, -0.1) is 0 Å². The third-order valence-corrected chi connectivity index (χ3v) is 3.49. The lowest BCUT2D eigenvalue weighted by atomic mass is 10.1. The highest BCUT2D eigenvalue weighted by Crippen LogP contribution is 2.18. The van der Waals surface area contributed by atoms with Gasteiger partial charge in [0.2, 0.25) is 0 Å². The topological polar surface area (TPSA) is 105 Å². The number of hydrogen-bond donors (Lipinski definition) is 3. The molecule has 0 bridgehead atoms. The van der Waals surface area contributed by atoms with E-state index in [2.05, 4.69) is 5.32 Å². The summed E-state index contributed by atoms with van der Waals surface area (Å²) in [5.41, 5.74) is 12.8. The van der Waals surface area contributed by atoms with Crippen LogP contribution in [-0.2, 0) is 0 Å². The van der Waals surface area contributed by atoms with Gasteiger partial charge in [-0.3, -0.25) is 4.79 Å². The lowest BCUT2D eigenvalue weighted by molar-refractivity contribution is 0.0666. The van der Waals surface area contributed by atoms with Crippen molar-refractivity contribution in [2.75, 3.05) is 44.2 Å². The highest BCUT2D eigenvalue weighted by atomic mass is 16.2. The van der Waals surface area contributed by atoms with Crippen molar-refractivity contribution in [2.45, 2.75) is 6.92 Å². The van der Waals surface area contributed by atoms with Crippen molar-refractivity contribution in [3.63, 3.8) is 0 Å². The van der Waals surface area contributed by atoms with Crippen LogP contribution >= 0.6 is 0 Å². The third-order valence-electron chi connectivity index (χ3n) is 3.49. The molecule has 1 saturated heterocycles. The fourth-order valence-electron chi connectivity index (χ4n) is 2.32. The van der Waals surface area contributed by atoms with E-state index in [4.69, 9.17) is 11.5 Å². The lowest BCUT2D eigenvalue weighted by Gasteiger charge is -2.34. The maximum Gasteiger partial charge on any atom is 0.317 e. The number of amides is 3. The highest BCUT2D eigenvalue weighted by molar-refractivity contribution is 5.99. The van der Waals surface area contributed by atoms with Gasteiger partial charge in [-0.2, -0.15) is 0 Å². The predicted molar refractivity (Wildman–Crippen MR) is 81.8 cm³/mol. The van der Waals surface area contributed by atoms with Crippen molar-refractivity contribution in [1.29, 1.82) is 0 Å². The largest absolute Gasteiger partial charge is 0.399 e. The van der Waals surface area contributed by atoms with Gasteiger partial charge in [0.25, 0.3) is 5.91 Å². The van der Waals surface area contributed by atoms with Gasteiger partial charge in [-0.05, 0) is 25.1 Å². The number of benzene rings is 1. The van der Waals surface area contributed by atoms with Gasteiger partial charge in [0.05, 0.1) is 5.56 Å². The van der Waals surface area contributed by atoms with Crippen molar-refractivity contribution < 1.29 is 9.59 Å². The van der Waals surface area contributed by atoms with Crippen LogP contribution in [0.1, 0.15) is 17.3 Å². The van der Waals surface area contributed by atoms with Crippen LogP contribution in [0.4, 0.5) is 16.2 Å². The van der Waals surface area contributed by atoms with Gasteiger partial charge in [-0.25, -0.2) is 4.79 Å². The molecule has 1 heterocycles. The van der Waals surface area contributed by atoms with E-state index in [0.717, 1.165) is 0 Å². The zero-order valence-electron chi connectivity index (χ0n) is 12.1. The molecule has 0 atom stereocenters. The van der Waals surface area contributed by atoms with Crippen molar-refractivity contribution in [3.05, 3.63) is 23.8 Å². The summed E-state index contributed by atoms with van der Waals surface area (Å²) in [6, 6.07) is 4.80. The van der Waals surface area contributed by atoms with Crippen LogP contribution in [-0.4, -0.2) is 54.5 Å². The Bertz CT molecular complexity index is 538. The minimum absolute atomic E-state index is 0.0865. The second kappa shape index (κ2) is 6.34. The van der Waals surface area contributed by atoms with Crippen LogP contribution in [0, 0.1) is 0 Å². The molecule has 2 rings (SSSR count). The standard InChI is InChI=1S/C14H21N5O2/c1-2-17-14(21)19-7-5-18(6-8-19)13(20)11-4-3-10(15)9-12(11)16/h3-4,9H,2,5-8,15-16H2,1H3,(H,17,21). The number of nitrogens with two attached hydrogens (primary N) is 2. The number of piperazine rings is 1. The van der Waals surface area contributed by atoms with E-state index < -0.39 is 0 Å². The summed E-state index contributed by atoms with van der Waals surface area (Å²) in [6.45, 7) is 4.51. The number of nitrogens with zero attached hydrogens (tertiary/aromatic N) is 2. The summed E-state index contributed by atoms with van der Waals surface area (Å²) in [6.07, 6.45) is 0. The molecule has 0 unspecified atom stereocenters. The Hall–Kier alpha value is -2.44. The maximum atomic E-state index is 12.4. The SMILES string of the molecule is CCNC(=O)N1CCN(C(=O)c2ccc(N)cc2N)CC1. The van der Waals surface area contributed by atoms with Gasteiger partial charge in [0, 0.05) is 44.1 Å². The number of rotatable bonds is 2. The van der Waals surface area contributed by atoms with Crippen molar-refractivity contribution >= 4 is 23.3 Å². The lowest BCUT2D eigenvalue weighted by Crippen LogP contribution is -2.53. The van der Waals surface area contributed by atoms with Crippen LogP contribution in [0.3, 0.4) is 0 Å². The Morgan fingerprint density at radius 1 is 1.14 bits per heavy atom. The highest BCUT2D eigenvalue weighted by Gasteiger charge is 2.25. The molecule has 114 valence electrons. The van der Waals surface area contributed by atoms with Gasteiger partial charge in [0.1, 0.15) is 0 Å². The number of hydrogen-bond acceptors (Lipinski definition) is 4. The fraction of sp³-hybridized carbons (Fsp3) is 0.429. The normalized spacial score (nSPS) is 14.9. The molecule has 0 saturated carbocycles. The van der Waals surface area contributed by atoms with E-state index in [0.29, 0.717) is 49.7 Å². The first kappa shape index (κ1) is 15.0. The molecule has 0 aliphatic carbocycles. The first-order valence-electron chi connectivity index (χ1n) is 7.00. The molecule has 5 N–H and O–H groups in total. The molecule has 21 heavy (non-hydrogen) atoms. The Kier molecular flexibility index (Phi) is 4.52. The molecule has 1 aliphatic rings. The van der Waals surface area contributed by atoms with Gasteiger partial charge >= 0.3 is 6.03 Å². The summed E-state index contributed by atoms with van der Waals surface area (Å²) < 4.78 is 0. The average molecular weight is 291 g/mol. The second-order valence-electron chi connectivity index (χ2n) is 4.96. The smallest absolute Gasteiger partial charge is 0.317 e. The molecular formula is C14H21N5O2. The van der Waals surface area contributed by atoms with Gasteiger partial charge < -0.3 is 26.6 Å². The average Bonchev–Trinajstić information content (AvgIpc) is 2.47. The molecular weight excluding hydrogens is 270 g/mol. The van der Waals surface area contributed by atoms with Crippen LogP contribution in [0.25, 0.3) is 0 Å². The van der Waals surface area contributed by atoms with Crippen molar-refractivity contribution in [2.24, 2.45) is 0 Å². The molecule has 1 aromatic carbocycles. The minimum Gasteiger partial charge on any atom is -0.399 e. The van der Waals surface area contributed by atoms with Gasteiger partial charge in [0.15, 0.2) is 0 Å². The number of carbonyl (C=O) groups is 2. The van der Waals surface area contributed by atoms with Crippen molar-refractivity contribution in [3.8, 4) is 0 Å². The molecule has 1 aromatic rings. The summed E-state index contributed by atoms with van der Waals surface area (Å²) in [4.78, 5) is 27.5. The first-order valence-corrected chi connectivity index (χ1v) is 7.00. The zero-order valence-corrected chi connectivity index (χ0v) is 12.1. The molecule has 1 fully saturated rings. The third kappa shape index (κ3) is 3.36. The Balaban J connectivity index is 1.98. The van der Waals surface area contributed by atoms with Crippen LogP contribution in [0.5, 0.6) is 0 Å². The molecule has 3 amide bonds. The van der Waals surface area contributed by atoms with Crippen LogP contribution in [0.2, 0.25) is 0 Å². The molecule has 1 aliphatic heterocycles. The molecule has 0 spiro atoms. The van der Waals surface area contributed by atoms with Crippen LogP contribution in [0.15, 0.2) is 18.2 Å². The number of nitrogen functional groups attached to an aromatic ring is 2. The molecule has 0 aromatic heterocycles. The summed E-state index contributed by atoms with van der Waals surface area (Å²) in [5, 5.41) is 2.76. The van der Waals surface area contributed by atoms with E-state index in [1.54, 1.807) is 28.0 Å². The number of nitrogens with one attached hydrogen (secondary N) is 1. The number of urea groups is 1. The quantitative estimate of drug-likeness (QED) is 0.683. The fourth-order valence-corrected chi connectivity index (χ4v) is 2.32. The van der Waals surface area contributed by atoms with Gasteiger partial charge in [-0.1, -0.05) is 0 Å². The van der Waals surface area contributed by atoms with Crippen LogP contribution < -0.4 is 16.8 Å². The zero-order chi connectivity index (χ0) is 15.4. The van der Waals surface area contributed by atoms with E-state index in [1.165, 1.54) is 0 Å². The van der Waals surface area contributed by atoms with E-state index in [1.807, 2.05) is 6.92 Å². The molecule has 7 heteroatoms. The summed E-state index contributed by atoms with van der Waals surface area (Å²) >= 11 is 0. The van der Waals surface area contributed by atoms with E-state index in [9.17, 15) is 9.59 Å². The Labute approximate surface area is 123 Å². The Morgan fingerprint density at radius 2 is 1.76 bits per heavy atom. The summed E-state index contributed by atoms with van der Waals surface area (Å²) in [7, 11) is 0. The monoisotopic (exact) mass is 291 g/mol. The van der Waals surface area contributed by atoms with E-state index >= 15 is 0 Å². The Morgan fingerprint density at radius 3 is 2.33 bits per heavy atom. The maximum absolute atomic E-state index is 12.4. The predicted octanol–water partition coefficient (Wildman–Crippen LogP) is 0.338. The summed E-state index contributed by atoms with van der Waals surface area (Å²) in [5.74, 6) is -0.122.